The van der Waals surface area contributed by atoms with Gasteiger partial charge >= 0.3 is 0 Å². The number of carbonyl (C=O) groups is 3. The van der Waals surface area contributed by atoms with Crippen molar-refractivity contribution in [2.75, 3.05) is 7.11 Å². The Bertz CT molecular complexity index is 1140. The van der Waals surface area contributed by atoms with Gasteiger partial charge in [-0.3, -0.25) is 14.4 Å². The Hall–Kier alpha value is -3.42. The quantitative estimate of drug-likeness (QED) is 0.618. The molecule has 1 fully saturated rings. The van der Waals surface area contributed by atoms with Gasteiger partial charge in [0, 0.05) is 6.04 Å². The van der Waals surface area contributed by atoms with Gasteiger partial charge in [0.2, 0.25) is 17.7 Å². The van der Waals surface area contributed by atoms with E-state index in [-0.39, 0.29) is 41.0 Å². The van der Waals surface area contributed by atoms with Gasteiger partial charge in [-0.05, 0) is 67.3 Å². The van der Waals surface area contributed by atoms with E-state index < -0.39 is 29.8 Å². The minimum atomic E-state index is -1.18. The lowest BCUT2D eigenvalue weighted by atomic mass is 9.87. The molecule has 36 heavy (non-hydrogen) atoms. The molecule has 0 saturated carbocycles. The van der Waals surface area contributed by atoms with E-state index in [1.807, 2.05) is 52.0 Å². The van der Waals surface area contributed by atoms with Gasteiger partial charge in [0.1, 0.15) is 18.1 Å². The van der Waals surface area contributed by atoms with E-state index in [2.05, 4.69) is 10.6 Å². The summed E-state index contributed by atoms with van der Waals surface area (Å²) in [6, 6.07) is 9.18. The maximum absolute atomic E-state index is 14.8. The van der Waals surface area contributed by atoms with Crippen molar-refractivity contribution >= 4 is 17.7 Å². The number of nitrogens with zero attached hydrogens (tertiary/aromatic N) is 1. The number of piperazine rings is 1. The molecule has 1 unspecified atom stereocenters. The van der Waals surface area contributed by atoms with E-state index in [1.54, 1.807) is 6.07 Å². The molecular formula is C28H34FN3O4. The molecule has 2 aliphatic rings. The van der Waals surface area contributed by atoms with Crippen LogP contribution in [-0.2, 0) is 27.2 Å². The molecule has 2 aromatic carbocycles. The first-order valence-corrected chi connectivity index (χ1v) is 12.5. The topological polar surface area (TPSA) is 87.7 Å². The second-order valence-corrected chi connectivity index (χ2v) is 10.3. The normalized spacial score (nSPS) is 20.9. The number of carbonyl (C=O) groups excluding carboxylic acids is 3. The third-order valence-corrected chi connectivity index (χ3v) is 7.02. The highest BCUT2D eigenvalue weighted by atomic mass is 19.1. The summed E-state index contributed by atoms with van der Waals surface area (Å²) >= 11 is 0. The van der Waals surface area contributed by atoms with Gasteiger partial charge in [0.05, 0.1) is 7.11 Å². The van der Waals surface area contributed by atoms with Gasteiger partial charge in [0.25, 0.3) is 0 Å². The Labute approximate surface area is 211 Å². The summed E-state index contributed by atoms with van der Waals surface area (Å²) in [5.41, 5.74) is 2.61. The van der Waals surface area contributed by atoms with Crippen molar-refractivity contribution in [2.45, 2.75) is 64.7 Å². The van der Waals surface area contributed by atoms with Gasteiger partial charge in [-0.25, -0.2) is 4.39 Å². The Morgan fingerprint density at radius 2 is 1.72 bits per heavy atom. The van der Waals surface area contributed by atoms with Crippen molar-refractivity contribution in [3.8, 4) is 5.75 Å². The average molecular weight is 496 g/mol. The third-order valence-electron chi connectivity index (χ3n) is 7.02. The maximum atomic E-state index is 14.8. The average Bonchev–Trinajstić information content (AvgIpc) is 3.24. The minimum absolute atomic E-state index is 0.0338. The van der Waals surface area contributed by atoms with Gasteiger partial charge in [0.15, 0.2) is 11.6 Å². The molecule has 8 heteroatoms. The fraction of sp³-hybridized carbons (Fsp3) is 0.464. The predicted octanol–water partition coefficient (Wildman–Crippen LogP) is 3.17. The molecule has 2 aromatic rings. The van der Waals surface area contributed by atoms with Crippen molar-refractivity contribution < 1.29 is 23.5 Å². The Morgan fingerprint density at radius 1 is 1.08 bits per heavy atom. The largest absolute Gasteiger partial charge is 0.494 e. The van der Waals surface area contributed by atoms with Crippen LogP contribution in [0.25, 0.3) is 0 Å². The fourth-order valence-corrected chi connectivity index (χ4v) is 5.44. The molecule has 2 N–H and O–H groups in total. The number of amides is 3. The van der Waals surface area contributed by atoms with E-state index in [9.17, 15) is 18.8 Å². The molecule has 192 valence electrons. The molecule has 3 amide bonds. The fourth-order valence-electron chi connectivity index (χ4n) is 5.44. The van der Waals surface area contributed by atoms with E-state index in [1.165, 1.54) is 24.1 Å². The van der Waals surface area contributed by atoms with E-state index in [4.69, 9.17) is 4.74 Å². The van der Waals surface area contributed by atoms with Gasteiger partial charge < -0.3 is 20.3 Å². The number of ether oxygens (including phenoxy) is 1. The molecule has 1 heterocycles. The van der Waals surface area contributed by atoms with Gasteiger partial charge in [-0.1, -0.05) is 44.2 Å². The zero-order chi connectivity index (χ0) is 26.1. The number of fused-ring (bicyclic) bond motifs is 1. The minimum Gasteiger partial charge on any atom is -0.494 e. The standard InChI is InChI=1S/C28H34FN3O4/c1-15(2)24-26(33)31-23(20-12-17-8-6-7-9-18(17)13-20)28(35)32(24)25(27(34)30-16(3)4)19-10-11-22(36-5)21(29)14-19/h6-11,14-16,20,23-25H,12-13H2,1-5H3,(H,30,34)(H,31,33)/t23?,24-,25-/m1/s1. The summed E-state index contributed by atoms with van der Waals surface area (Å²) in [5.74, 6) is -2.10. The van der Waals surface area contributed by atoms with Crippen molar-refractivity contribution in [3.05, 3.63) is 65.0 Å². The second-order valence-electron chi connectivity index (χ2n) is 10.3. The van der Waals surface area contributed by atoms with Crippen LogP contribution in [0.1, 0.15) is 50.4 Å². The van der Waals surface area contributed by atoms with Gasteiger partial charge in [-0.15, -0.1) is 0 Å². The number of benzene rings is 2. The summed E-state index contributed by atoms with van der Waals surface area (Å²) in [5, 5.41) is 5.83. The Morgan fingerprint density at radius 3 is 2.25 bits per heavy atom. The lowest BCUT2D eigenvalue weighted by molar-refractivity contribution is -0.159. The molecule has 0 spiro atoms. The van der Waals surface area contributed by atoms with E-state index in [0.29, 0.717) is 12.8 Å². The number of methoxy groups -OCH3 is 1. The monoisotopic (exact) mass is 495 g/mol. The number of rotatable bonds is 7. The van der Waals surface area contributed by atoms with E-state index in [0.717, 1.165) is 11.1 Å². The lowest BCUT2D eigenvalue weighted by Gasteiger charge is -2.45. The molecule has 7 nitrogen and oxygen atoms in total. The van der Waals surface area contributed by atoms with Gasteiger partial charge in [-0.2, -0.15) is 0 Å². The molecule has 1 aliphatic heterocycles. The van der Waals surface area contributed by atoms with Crippen molar-refractivity contribution in [1.29, 1.82) is 0 Å². The van der Waals surface area contributed by atoms with Crippen LogP contribution in [0.2, 0.25) is 0 Å². The van der Waals surface area contributed by atoms with Crippen LogP contribution >= 0.6 is 0 Å². The first-order valence-electron chi connectivity index (χ1n) is 12.5. The van der Waals surface area contributed by atoms with Crippen molar-refractivity contribution in [2.24, 2.45) is 11.8 Å². The highest BCUT2D eigenvalue weighted by Gasteiger charge is 2.50. The second kappa shape index (κ2) is 10.3. The SMILES string of the molecule is COc1ccc([C@H](C(=O)NC(C)C)N2C(=O)C(C3Cc4ccccc4C3)NC(=O)[C@H]2C(C)C)cc1F. The smallest absolute Gasteiger partial charge is 0.247 e. The molecule has 0 radical (unpaired) electrons. The Balaban J connectivity index is 1.77. The summed E-state index contributed by atoms with van der Waals surface area (Å²) in [6.07, 6.45) is 1.32. The Kier molecular flexibility index (Phi) is 7.33. The van der Waals surface area contributed by atoms with Crippen LogP contribution in [0.15, 0.2) is 42.5 Å². The first kappa shape index (κ1) is 25.7. The van der Waals surface area contributed by atoms with Crippen LogP contribution in [0.3, 0.4) is 0 Å². The third kappa shape index (κ3) is 4.81. The zero-order valence-electron chi connectivity index (χ0n) is 21.4. The lowest BCUT2D eigenvalue weighted by Crippen LogP contribution is -2.68. The number of nitrogens with one attached hydrogen (secondary N) is 2. The molecule has 0 bridgehead atoms. The zero-order valence-corrected chi connectivity index (χ0v) is 21.4. The molecule has 3 atom stereocenters. The van der Waals surface area contributed by atoms with Crippen molar-refractivity contribution in [1.82, 2.24) is 15.5 Å². The van der Waals surface area contributed by atoms with Crippen LogP contribution in [-0.4, -0.2) is 47.9 Å². The van der Waals surface area contributed by atoms with Crippen LogP contribution in [0.4, 0.5) is 4.39 Å². The van der Waals surface area contributed by atoms with Crippen LogP contribution in [0, 0.1) is 17.7 Å². The predicted molar refractivity (Wildman–Crippen MR) is 134 cm³/mol. The highest BCUT2D eigenvalue weighted by Crippen LogP contribution is 2.36. The molecule has 4 rings (SSSR count). The number of hydrogen-bond acceptors (Lipinski definition) is 4. The maximum Gasteiger partial charge on any atom is 0.247 e. The molecule has 1 aliphatic carbocycles. The van der Waals surface area contributed by atoms with Crippen molar-refractivity contribution in [3.63, 3.8) is 0 Å². The summed E-state index contributed by atoms with van der Waals surface area (Å²) in [7, 11) is 1.36. The van der Waals surface area contributed by atoms with Crippen LogP contribution < -0.4 is 15.4 Å². The molecular weight excluding hydrogens is 461 g/mol. The molecule has 0 aromatic heterocycles. The number of halogens is 1. The summed E-state index contributed by atoms with van der Waals surface area (Å²) < 4.78 is 19.8. The highest BCUT2D eigenvalue weighted by molar-refractivity contribution is 6.00. The first-order chi connectivity index (χ1) is 17.1. The van der Waals surface area contributed by atoms with Crippen LogP contribution in [0.5, 0.6) is 5.75 Å². The number of hydrogen-bond donors (Lipinski definition) is 2. The summed E-state index contributed by atoms with van der Waals surface area (Å²) in [6.45, 7) is 7.30. The van der Waals surface area contributed by atoms with E-state index >= 15 is 0 Å². The summed E-state index contributed by atoms with van der Waals surface area (Å²) in [4.78, 5) is 42.5. The molecule has 1 saturated heterocycles.